The summed E-state index contributed by atoms with van der Waals surface area (Å²) in [5.74, 6) is 0.249. The number of benzene rings is 1. The molecule has 1 amide bonds. The molecule has 2 bridgehead atoms. The third-order valence-electron chi connectivity index (χ3n) is 6.21. The molecule has 29 heavy (non-hydrogen) atoms. The fourth-order valence-electron chi connectivity index (χ4n) is 4.99. The number of esters is 1. The molecule has 0 unspecified atom stereocenters. The second-order valence-corrected chi connectivity index (χ2v) is 7.78. The van der Waals surface area contributed by atoms with Crippen LogP contribution in [-0.4, -0.2) is 47.6 Å². The molecule has 0 saturated carbocycles. The van der Waals surface area contributed by atoms with Crippen LogP contribution >= 0.6 is 0 Å². The number of amides is 1. The molecular formula is C23H26N2O4. The summed E-state index contributed by atoms with van der Waals surface area (Å²) in [6.07, 6.45) is 4.47. The Kier molecular flexibility index (Phi) is 5.26. The van der Waals surface area contributed by atoms with Crippen LogP contribution in [0.4, 0.5) is 0 Å². The minimum atomic E-state index is -0.713. The van der Waals surface area contributed by atoms with E-state index in [2.05, 4.69) is 4.98 Å². The van der Waals surface area contributed by atoms with Crippen molar-refractivity contribution in [3.8, 4) is 5.75 Å². The van der Waals surface area contributed by atoms with Gasteiger partial charge in [0.25, 0.3) is 5.91 Å². The third-order valence-corrected chi connectivity index (χ3v) is 6.21. The molecule has 6 nitrogen and oxygen atoms in total. The van der Waals surface area contributed by atoms with E-state index in [-0.39, 0.29) is 24.0 Å². The molecule has 3 heterocycles. The summed E-state index contributed by atoms with van der Waals surface area (Å²) < 4.78 is 10.8. The molecule has 1 aromatic heterocycles. The highest BCUT2D eigenvalue weighted by molar-refractivity contribution is 5.95. The van der Waals surface area contributed by atoms with E-state index >= 15 is 0 Å². The predicted molar refractivity (Wildman–Crippen MR) is 108 cm³/mol. The molecule has 2 fully saturated rings. The summed E-state index contributed by atoms with van der Waals surface area (Å²) in [5, 5.41) is 0. The molecule has 2 aliphatic heterocycles. The number of hydrogen-bond acceptors (Lipinski definition) is 5. The summed E-state index contributed by atoms with van der Waals surface area (Å²) in [6.45, 7) is 2.16. The minimum Gasteiger partial charge on any atom is -0.497 e. The van der Waals surface area contributed by atoms with Crippen molar-refractivity contribution in [1.82, 2.24) is 9.88 Å². The van der Waals surface area contributed by atoms with Crippen molar-refractivity contribution in [2.75, 3.05) is 13.7 Å². The van der Waals surface area contributed by atoms with E-state index in [1.807, 2.05) is 42.2 Å². The van der Waals surface area contributed by atoms with Gasteiger partial charge in [-0.05, 0) is 44.2 Å². The zero-order valence-electron chi connectivity index (χ0n) is 16.8. The summed E-state index contributed by atoms with van der Waals surface area (Å²) >= 11 is 0. The second kappa shape index (κ2) is 7.85. The Morgan fingerprint density at radius 3 is 2.72 bits per heavy atom. The van der Waals surface area contributed by atoms with Gasteiger partial charge in [0.05, 0.1) is 19.1 Å². The molecule has 6 heteroatoms. The van der Waals surface area contributed by atoms with Gasteiger partial charge in [-0.1, -0.05) is 30.3 Å². The maximum atomic E-state index is 13.4. The Morgan fingerprint density at radius 1 is 1.21 bits per heavy atom. The van der Waals surface area contributed by atoms with Gasteiger partial charge in [-0.2, -0.15) is 0 Å². The molecule has 0 N–H and O–H groups in total. The molecule has 3 atom stereocenters. The number of methoxy groups -OCH3 is 1. The van der Waals surface area contributed by atoms with Crippen LogP contribution in [0.25, 0.3) is 0 Å². The number of carbonyl (C=O) groups excluding carboxylic acids is 2. The number of ether oxygens (including phenoxy) is 2. The molecule has 2 aromatic rings. The van der Waals surface area contributed by atoms with Gasteiger partial charge in [-0.15, -0.1) is 0 Å². The lowest BCUT2D eigenvalue weighted by atomic mass is 9.70. The Morgan fingerprint density at radius 2 is 2.00 bits per heavy atom. The zero-order chi connectivity index (χ0) is 20.4. The van der Waals surface area contributed by atoms with Crippen molar-refractivity contribution < 1.29 is 19.1 Å². The van der Waals surface area contributed by atoms with E-state index in [0.29, 0.717) is 30.9 Å². The molecule has 2 saturated heterocycles. The molecule has 4 rings (SSSR count). The molecule has 1 aromatic carbocycles. The number of rotatable bonds is 6. The minimum absolute atomic E-state index is 0.0219. The molecular weight excluding hydrogens is 368 g/mol. The maximum Gasteiger partial charge on any atom is 0.314 e. The van der Waals surface area contributed by atoms with Gasteiger partial charge in [-0.3, -0.25) is 14.6 Å². The molecule has 2 aliphatic rings. The maximum absolute atomic E-state index is 13.4. The Balaban J connectivity index is 1.68. The van der Waals surface area contributed by atoms with Crippen LogP contribution < -0.4 is 4.74 Å². The van der Waals surface area contributed by atoms with E-state index in [9.17, 15) is 9.59 Å². The highest BCUT2D eigenvalue weighted by Gasteiger charge is 2.62. The van der Waals surface area contributed by atoms with E-state index in [1.54, 1.807) is 25.4 Å². The standard InChI is InChI=1S/C23H26N2O4/c1-3-29-22(27)23(14-16-7-5-4-6-8-16)15-17-9-10-20(23)25(17)21(26)19-13-18(28-2)11-12-24-19/h4-8,11-13,17,20H,3,9-10,14-15H2,1-2H3/t17-,20+,23+/m1/s1. The summed E-state index contributed by atoms with van der Waals surface area (Å²) in [7, 11) is 1.56. The number of carbonyl (C=O) groups is 2. The lowest BCUT2D eigenvalue weighted by Crippen LogP contribution is -2.47. The lowest BCUT2D eigenvalue weighted by molar-refractivity contribution is -0.157. The lowest BCUT2D eigenvalue weighted by Gasteiger charge is -2.35. The number of pyridine rings is 1. The fourth-order valence-corrected chi connectivity index (χ4v) is 4.99. The van der Waals surface area contributed by atoms with Crippen molar-refractivity contribution in [2.45, 2.75) is 44.7 Å². The number of fused-ring (bicyclic) bond motifs is 2. The predicted octanol–water partition coefficient (Wildman–Crippen LogP) is 3.26. The van der Waals surface area contributed by atoms with Crippen LogP contribution in [0.3, 0.4) is 0 Å². The monoisotopic (exact) mass is 394 g/mol. The van der Waals surface area contributed by atoms with Crippen LogP contribution in [0.15, 0.2) is 48.7 Å². The van der Waals surface area contributed by atoms with Crippen LogP contribution in [0.1, 0.15) is 42.2 Å². The van der Waals surface area contributed by atoms with Gasteiger partial charge in [0, 0.05) is 24.3 Å². The van der Waals surface area contributed by atoms with Gasteiger partial charge < -0.3 is 14.4 Å². The fraction of sp³-hybridized carbons (Fsp3) is 0.435. The van der Waals surface area contributed by atoms with Crippen LogP contribution in [0.5, 0.6) is 5.75 Å². The van der Waals surface area contributed by atoms with Crippen molar-refractivity contribution in [3.63, 3.8) is 0 Å². The summed E-state index contributed by atoms with van der Waals surface area (Å²) in [4.78, 5) is 32.7. The molecule has 0 radical (unpaired) electrons. The Bertz CT molecular complexity index is 901. The largest absolute Gasteiger partial charge is 0.497 e. The zero-order valence-corrected chi connectivity index (χ0v) is 16.8. The first-order valence-electron chi connectivity index (χ1n) is 10.1. The number of hydrogen-bond donors (Lipinski definition) is 0. The van der Waals surface area contributed by atoms with E-state index in [0.717, 1.165) is 18.4 Å². The molecule has 0 aliphatic carbocycles. The van der Waals surface area contributed by atoms with Crippen LogP contribution in [-0.2, 0) is 16.0 Å². The van der Waals surface area contributed by atoms with Crippen LogP contribution in [0, 0.1) is 5.41 Å². The van der Waals surface area contributed by atoms with Crippen molar-refractivity contribution in [1.29, 1.82) is 0 Å². The Labute approximate surface area is 170 Å². The van der Waals surface area contributed by atoms with E-state index in [4.69, 9.17) is 9.47 Å². The number of aromatic nitrogens is 1. The first kappa shape index (κ1) is 19.4. The van der Waals surface area contributed by atoms with Crippen molar-refractivity contribution >= 4 is 11.9 Å². The SMILES string of the molecule is CCOC(=O)[C@@]1(Cc2ccccc2)C[C@H]2CC[C@@H]1N2C(=O)c1cc(OC)ccn1. The van der Waals surface area contributed by atoms with Gasteiger partial charge in [0.1, 0.15) is 11.4 Å². The average molecular weight is 394 g/mol. The molecule has 0 spiro atoms. The quantitative estimate of drug-likeness (QED) is 0.704. The normalized spacial score (nSPS) is 25.1. The van der Waals surface area contributed by atoms with Crippen LogP contribution in [0.2, 0.25) is 0 Å². The van der Waals surface area contributed by atoms with Gasteiger partial charge in [-0.25, -0.2) is 0 Å². The first-order valence-corrected chi connectivity index (χ1v) is 10.1. The summed E-state index contributed by atoms with van der Waals surface area (Å²) in [6, 6.07) is 13.2. The first-order chi connectivity index (χ1) is 14.1. The second-order valence-electron chi connectivity index (χ2n) is 7.78. The van der Waals surface area contributed by atoms with Crippen molar-refractivity contribution in [3.05, 3.63) is 59.9 Å². The average Bonchev–Trinajstić information content (AvgIpc) is 3.30. The van der Waals surface area contributed by atoms with Gasteiger partial charge in [0.2, 0.25) is 0 Å². The molecule has 152 valence electrons. The topological polar surface area (TPSA) is 68.7 Å². The van der Waals surface area contributed by atoms with Gasteiger partial charge in [0.15, 0.2) is 0 Å². The van der Waals surface area contributed by atoms with Gasteiger partial charge >= 0.3 is 5.97 Å². The smallest absolute Gasteiger partial charge is 0.314 e. The van der Waals surface area contributed by atoms with E-state index < -0.39 is 5.41 Å². The van der Waals surface area contributed by atoms with E-state index in [1.165, 1.54) is 0 Å². The highest BCUT2D eigenvalue weighted by Crippen LogP contribution is 2.52. The van der Waals surface area contributed by atoms with Crippen molar-refractivity contribution in [2.24, 2.45) is 5.41 Å². The summed E-state index contributed by atoms with van der Waals surface area (Å²) in [5.41, 5.74) is 0.718. The highest BCUT2D eigenvalue weighted by atomic mass is 16.5. The Hall–Kier alpha value is -2.89. The third kappa shape index (κ3) is 3.37. The number of nitrogens with zero attached hydrogens (tertiary/aromatic N) is 2.